The number of carbonyl (C=O) groups is 2. The molecule has 0 saturated carbocycles. The number of piperidine rings is 1. The summed E-state index contributed by atoms with van der Waals surface area (Å²) in [7, 11) is 0. The molecule has 0 radical (unpaired) electrons. The van der Waals surface area contributed by atoms with Crippen molar-refractivity contribution in [3.63, 3.8) is 0 Å². The number of thiophene rings is 1. The fourth-order valence-electron chi connectivity index (χ4n) is 3.93. The first kappa shape index (κ1) is 25.2. The molecule has 5 rings (SSSR count). The number of hydrogen-bond acceptors (Lipinski definition) is 9. The van der Waals surface area contributed by atoms with Gasteiger partial charge in [0.25, 0.3) is 11.1 Å². The molecule has 5 heterocycles. The van der Waals surface area contributed by atoms with Crippen molar-refractivity contribution in [2.24, 2.45) is 5.92 Å². The average Bonchev–Trinajstić information content (AvgIpc) is 3.63. The maximum absolute atomic E-state index is 11.8. The number of amides is 2. The Morgan fingerprint density at radius 1 is 1.26 bits per heavy atom. The van der Waals surface area contributed by atoms with Crippen LogP contribution in [0.3, 0.4) is 0 Å². The molecule has 184 valence electrons. The van der Waals surface area contributed by atoms with Crippen LogP contribution in [0.1, 0.15) is 37.3 Å². The van der Waals surface area contributed by atoms with Crippen LogP contribution in [0, 0.1) is 5.92 Å². The van der Waals surface area contributed by atoms with Crippen molar-refractivity contribution in [3.8, 4) is 11.3 Å². The van der Waals surface area contributed by atoms with E-state index in [9.17, 15) is 9.59 Å². The summed E-state index contributed by atoms with van der Waals surface area (Å²) in [6.45, 7) is 7.62. The molecule has 2 amide bonds. The minimum absolute atomic E-state index is 0.353. The van der Waals surface area contributed by atoms with Crippen molar-refractivity contribution in [2.45, 2.75) is 33.2 Å². The van der Waals surface area contributed by atoms with Gasteiger partial charge in [-0.15, -0.1) is 11.3 Å². The number of nitrogens with zero attached hydrogens (tertiary/aromatic N) is 3. The van der Waals surface area contributed by atoms with Gasteiger partial charge in [-0.3, -0.25) is 14.9 Å². The monoisotopic (exact) mass is 511 g/mol. The van der Waals surface area contributed by atoms with Crippen molar-refractivity contribution in [2.75, 3.05) is 24.5 Å². The van der Waals surface area contributed by atoms with Gasteiger partial charge in [0.05, 0.1) is 16.9 Å². The van der Waals surface area contributed by atoms with E-state index < -0.39 is 0 Å². The van der Waals surface area contributed by atoms with Gasteiger partial charge in [0, 0.05) is 41.7 Å². The predicted molar refractivity (Wildman–Crippen MR) is 141 cm³/mol. The number of anilines is 1. The van der Waals surface area contributed by atoms with Gasteiger partial charge in [0.1, 0.15) is 5.76 Å². The molecule has 0 bridgehead atoms. The van der Waals surface area contributed by atoms with Crippen molar-refractivity contribution in [1.82, 2.24) is 20.6 Å². The van der Waals surface area contributed by atoms with E-state index in [1.54, 1.807) is 35.9 Å². The van der Waals surface area contributed by atoms with E-state index in [0.717, 1.165) is 62.1 Å². The summed E-state index contributed by atoms with van der Waals surface area (Å²) >= 11 is 2.64. The van der Waals surface area contributed by atoms with Crippen LogP contribution in [-0.4, -0.2) is 40.7 Å². The van der Waals surface area contributed by atoms with Gasteiger partial charge in [0.2, 0.25) is 5.95 Å². The number of aromatic nitrogens is 2. The van der Waals surface area contributed by atoms with Crippen LogP contribution < -0.4 is 15.5 Å². The molecule has 35 heavy (non-hydrogen) atoms. The Kier molecular flexibility index (Phi) is 8.73. The highest BCUT2D eigenvalue weighted by Crippen LogP contribution is 2.27. The van der Waals surface area contributed by atoms with E-state index in [1.165, 1.54) is 4.88 Å². The Morgan fingerprint density at radius 3 is 2.80 bits per heavy atom. The SMILES string of the molecule is CC.O=C1NC(=O)/C(=C/c2ccnc(N3CCC(CNCc4cc(-c5ccco5)cs4)CC3)n2)S1. The molecule has 10 heteroatoms. The molecule has 8 nitrogen and oxygen atoms in total. The number of rotatable bonds is 7. The minimum Gasteiger partial charge on any atom is -0.464 e. The quantitative estimate of drug-likeness (QED) is 0.420. The average molecular weight is 512 g/mol. The van der Waals surface area contributed by atoms with E-state index in [0.29, 0.717) is 22.5 Å². The molecule has 0 atom stereocenters. The standard InChI is InChI=1S/C23H23N5O3S2.C2H6/c29-21-20(33-23(30)27-21)11-17-3-6-25-22(26-17)28-7-4-15(5-8-28)12-24-13-18-10-16(14-32-18)19-2-1-9-31-19;1-2/h1-3,6,9-11,14-15,24H,4-5,7-8,12-13H2,(H,27,29,30);1-2H3/b20-11-;. The Labute approximate surface area is 213 Å². The molecule has 0 aliphatic carbocycles. The Hall–Kier alpha value is -2.95. The van der Waals surface area contributed by atoms with Gasteiger partial charge in [-0.05, 0) is 67.4 Å². The third-order valence-corrected chi connectivity index (χ3v) is 7.42. The summed E-state index contributed by atoms with van der Waals surface area (Å²) in [5.74, 6) is 1.81. The minimum atomic E-state index is -0.377. The second kappa shape index (κ2) is 12.1. The lowest BCUT2D eigenvalue weighted by molar-refractivity contribution is -0.115. The topological polar surface area (TPSA) is 100 Å². The van der Waals surface area contributed by atoms with Crippen LogP contribution in [-0.2, 0) is 11.3 Å². The molecule has 2 N–H and O–H groups in total. The fourth-order valence-corrected chi connectivity index (χ4v) is 5.44. The normalized spacial score (nSPS) is 17.4. The van der Waals surface area contributed by atoms with Gasteiger partial charge in [-0.2, -0.15) is 0 Å². The second-order valence-electron chi connectivity index (χ2n) is 7.97. The van der Waals surface area contributed by atoms with Gasteiger partial charge >= 0.3 is 0 Å². The van der Waals surface area contributed by atoms with E-state index >= 15 is 0 Å². The van der Waals surface area contributed by atoms with Gasteiger partial charge in [-0.1, -0.05) is 13.8 Å². The molecule has 2 aliphatic rings. The van der Waals surface area contributed by atoms with E-state index in [-0.39, 0.29) is 11.1 Å². The Bertz CT molecular complexity index is 1170. The lowest BCUT2D eigenvalue weighted by atomic mass is 9.97. The highest BCUT2D eigenvalue weighted by Gasteiger charge is 2.25. The summed E-state index contributed by atoms with van der Waals surface area (Å²) in [6.07, 6.45) is 7.16. The summed E-state index contributed by atoms with van der Waals surface area (Å²) in [5, 5.41) is 7.63. The van der Waals surface area contributed by atoms with Gasteiger partial charge in [0.15, 0.2) is 0 Å². The lowest BCUT2D eigenvalue weighted by Crippen LogP contribution is -2.38. The zero-order chi connectivity index (χ0) is 24.6. The summed E-state index contributed by atoms with van der Waals surface area (Å²) < 4.78 is 5.46. The molecular formula is C25H29N5O3S2. The van der Waals surface area contributed by atoms with Crippen molar-refractivity contribution < 1.29 is 14.0 Å². The third kappa shape index (κ3) is 6.59. The molecular weight excluding hydrogens is 482 g/mol. The van der Waals surface area contributed by atoms with Crippen LogP contribution in [0.5, 0.6) is 0 Å². The number of thioether (sulfide) groups is 1. The van der Waals surface area contributed by atoms with Gasteiger partial charge < -0.3 is 14.6 Å². The summed E-state index contributed by atoms with van der Waals surface area (Å²) in [5.41, 5.74) is 1.76. The summed E-state index contributed by atoms with van der Waals surface area (Å²) in [6, 6.07) is 7.81. The molecule has 0 unspecified atom stereocenters. The van der Waals surface area contributed by atoms with E-state index in [4.69, 9.17) is 4.42 Å². The van der Waals surface area contributed by atoms with Crippen LogP contribution in [0.25, 0.3) is 17.4 Å². The fraction of sp³-hybridized carbons (Fsp3) is 0.360. The number of hydrogen-bond donors (Lipinski definition) is 2. The zero-order valence-electron chi connectivity index (χ0n) is 19.8. The third-order valence-electron chi connectivity index (χ3n) is 5.67. The second-order valence-corrected chi connectivity index (χ2v) is 9.98. The van der Waals surface area contributed by atoms with E-state index in [2.05, 4.69) is 36.9 Å². The first-order valence-corrected chi connectivity index (χ1v) is 13.5. The van der Waals surface area contributed by atoms with Crippen LogP contribution in [0.2, 0.25) is 0 Å². The molecule has 2 saturated heterocycles. The zero-order valence-corrected chi connectivity index (χ0v) is 21.5. The largest absolute Gasteiger partial charge is 0.464 e. The van der Waals surface area contributed by atoms with Gasteiger partial charge in [-0.25, -0.2) is 9.97 Å². The van der Waals surface area contributed by atoms with Crippen LogP contribution in [0.15, 0.2) is 51.4 Å². The van der Waals surface area contributed by atoms with Crippen LogP contribution >= 0.6 is 23.1 Å². The number of carbonyl (C=O) groups excluding carboxylic acids is 2. The first-order chi connectivity index (χ1) is 17.1. The smallest absolute Gasteiger partial charge is 0.290 e. The van der Waals surface area contributed by atoms with Crippen molar-refractivity contribution in [3.05, 3.63) is 57.6 Å². The lowest BCUT2D eigenvalue weighted by Gasteiger charge is -2.32. The van der Waals surface area contributed by atoms with E-state index in [1.807, 2.05) is 26.0 Å². The predicted octanol–water partition coefficient (Wildman–Crippen LogP) is 5.15. The first-order valence-electron chi connectivity index (χ1n) is 11.8. The molecule has 0 spiro atoms. The maximum Gasteiger partial charge on any atom is 0.290 e. The Morgan fingerprint density at radius 2 is 2.09 bits per heavy atom. The highest BCUT2D eigenvalue weighted by atomic mass is 32.2. The number of furan rings is 1. The highest BCUT2D eigenvalue weighted by molar-refractivity contribution is 8.18. The number of imide groups is 1. The van der Waals surface area contributed by atoms with Crippen LogP contribution in [0.4, 0.5) is 10.7 Å². The molecule has 3 aromatic heterocycles. The molecule has 2 fully saturated rings. The number of nitrogens with one attached hydrogen (secondary N) is 2. The molecule has 0 aromatic carbocycles. The molecule has 3 aromatic rings. The summed E-state index contributed by atoms with van der Waals surface area (Å²) in [4.78, 5) is 35.9. The maximum atomic E-state index is 11.8. The van der Waals surface area contributed by atoms with Crippen molar-refractivity contribution in [1.29, 1.82) is 0 Å². The molecule has 2 aliphatic heterocycles. The Balaban J connectivity index is 0.00000141. The van der Waals surface area contributed by atoms with Crippen molar-refractivity contribution >= 4 is 46.3 Å².